The second kappa shape index (κ2) is 11.1. The van der Waals surface area contributed by atoms with Crippen LogP contribution in [0.5, 0.6) is 17.4 Å². The van der Waals surface area contributed by atoms with E-state index in [-0.39, 0.29) is 6.03 Å². The van der Waals surface area contributed by atoms with E-state index in [9.17, 15) is 10.1 Å². The lowest BCUT2D eigenvalue weighted by Gasteiger charge is -2.15. The van der Waals surface area contributed by atoms with Gasteiger partial charge in [0.25, 0.3) is 0 Å². The molecule has 1 saturated heterocycles. The highest BCUT2D eigenvalue weighted by Crippen LogP contribution is 2.35. The third-order valence-corrected chi connectivity index (χ3v) is 7.43. The normalized spacial score (nSPS) is 13.5. The summed E-state index contributed by atoms with van der Waals surface area (Å²) < 4.78 is 13.8. The SMILES string of the molecule is N#Cc1cc2c(Oc3cc4ccccc4n3C(=O)Nc3nccs3)ccnc2cc1OCCCN1CCCC1. The Kier molecular flexibility index (Phi) is 7.08. The van der Waals surface area contributed by atoms with Crippen LogP contribution < -0.4 is 14.8 Å². The third-order valence-electron chi connectivity index (χ3n) is 6.74. The van der Waals surface area contributed by atoms with Gasteiger partial charge in [0, 0.05) is 47.2 Å². The van der Waals surface area contributed by atoms with Crippen molar-refractivity contribution in [2.24, 2.45) is 0 Å². The number of para-hydroxylation sites is 1. The number of nitrogens with one attached hydrogen (secondary N) is 1. The predicted molar refractivity (Wildman–Crippen MR) is 151 cm³/mol. The van der Waals surface area contributed by atoms with Gasteiger partial charge in [0.15, 0.2) is 5.13 Å². The van der Waals surface area contributed by atoms with Crippen molar-refractivity contribution in [1.82, 2.24) is 19.4 Å². The first-order valence-electron chi connectivity index (χ1n) is 12.9. The fraction of sp³-hybridized carbons (Fsp3) is 0.241. The molecule has 0 spiro atoms. The van der Waals surface area contributed by atoms with Crippen LogP contribution in [-0.4, -0.2) is 51.7 Å². The van der Waals surface area contributed by atoms with Crippen molar-refractivity contribution in [3.8, 4) is 23.4 Å². The van der Waals surface area contributed by atoms with Crippen molar-refractivity contribution in [1.29, 1.82) is 5.26 Å². The minimum atomic E-state index is -0.387. The van der Waals surface area contributed by atoms with Crippen LogP contribution >= 0.6 is 11.3 Å². The number of hydrogen-bond acceptors (Lipinski definition) is 8. The van der Waals surface area contributed by atoms with Crippen LogP contribution in [0.3, 0.4) is 0 Å². The van der Waals surface area contributed by atoms with E-state index in [1.54, 1.807) is 36.0 Å². The predicted octanol–water partition coefficient (Wildman–Crippen LogP) is 6.25. The smallest absolute Gasteiger partial charge is 0.335 e. The molecule has 1 aliphatic rings. The van der Waals surface area contributed by atoms with Gasteiger partial charge in [0.2, 0.25) is 5.88 Å². The molecule has 2 aromatic carbocycles. The van der Waals surface area contributed by atoms with Crippen molar-refractivity contribution >= 4 is 44.3 Å². The largest absolute Gasteiger partial charge is 0.492 e. The van der Waals surface area contributed by atoms with Gasteiger partial charge in [0.1, 0.15) is 17.6 Å². The zero-order valence-electron chi connectivity index (χ0n) is 21.2. The molecular weight excluding hydrogens is 512 g/mol. The maximum absolute atomic E-state index is 13.3. The number of nitriles is 1. The molecule has 1 fully saturated rings. The maximum Gasteiger partial charge on any atom is 0.335 e. The number of benzene rings is 2. The van der Waals surface area contributed by atoms with Gasteiger partial charge in [-0.05, 0) is 50.6 Å². The van der Waals surface area contributed by atoms with Gasteiger partial charge in [-0.2, -0.15) is 5.26 Å². The lowest BCUT2D eigenvalue weighted by molar-refractivity contribution is 0.252. The van der Waals surface area contributed by atoms with Gasteiger partial charge in [-0.15, -0.1) is 11.3 Å². The van der Waals surface area contributed by atoms with E-state index in [0.29, 0.717) is 51.1 Å². The number of pyridine rings is 1. The highest BCUT2D eigenvalue weighted by atomic mass is 32.1. The number of rotatable bonds is 8. The molecule has 0 saturated carbocycles. The Balaban J connectivity index is 1.29. The lowest BCUT2D eigenvalue weighted by Crippen LogP contribution is -2.22. The molecule has 1 aliphatic heterocycles. The van der Waals surface area contributed by atoms with Crippen molar-refractivity contribution < 1.29 is 14.3 Å². The van der Waals surface area contributed by atoms with Crippen LogP contribution in [0.4, 0.5) is 9.93 Å². The standard InChI is InChI=1S/C29H26N6O3S/c30-19-21-16-22-23(18-26(21)37-14-5-13-34-11-3-4-12-34)31-9-8-25(22)38-27-17-20-6-1-2-7-24(20)35(27)29(36)33-28-32-10-15-39-28/h1-2,6-10,15-18H,3-5,11-14H2,(H,32,33,36). The van der Waals surface area contributed by atoms with Crippen LogP contribution in [0, 0.1) is 11.3 Å². The van der Waals surface area contributed by atoms with Gasteiger partial charge in [-0.3, -0.25) is 10.3 Å². The molecule has 0 unspecified atom stereocenters. The van der Waals surface area contributed by atoms with Gasteiger partial charge in [0.05, 0.1) is 23.2 Å². The van der Waals surface area contributed by atoms with Gasteiger partial charge < -0.3 is 14.4 Å². The molecule has 0 aliphatic carbocycles. The number of ether oxygens (including phenoxy) is 2. The molecule has 6 rings (SSSR count). The van der Waals surface area contributed by atoms with E-state index in [4.69, 9.17) is 9.47 Å². The molecule has 39 heavy (non-hydrogen) atoms. The summed E-state index contributed by atoms with van der Waals surface area (Å²) in [6.07, 6.45) is 6.69. The van der Waals surface area contributed by atoms with Gasteiger partial charge in [-0.25, -0.2) is 14.3 Å². The Morgan fingerprint density at radius 3 is 2.77 bits per heavy atom. The van der Waals surface area contributed by atoms with E-state index in [1.807, 2.05) is 30.3 Å². The molecule has 1 amide bonds. The van der Waals surface area contributed by atoms with Crippen LogP contribution in [0.25, 0.3) is 21.8 Å². The summed E-state index contributed by atoms with van der Waals surface area (Å²) in [5, 5.41) is 16.5. The highest BCUT2D eigenvalue weighted by Gasteiger charge is 2.19. The fourth-order valence-electron chi connectivity index (χ4n) is 4.88. The summed E-state index contributed by atoms with van der Waals surface area (Å²) in [7, 11) is 0. The van der Waals surface area contributed by atoms with Crippen molar-refractivity contribution in [2.45, 2.75) is 19.3 Å². The number of fused-ring (bicyclic) bond motifs is 2. The first-order valence-corrected chi connectivity index (χ1v) is 13.7. The fourth-order valence-corrected chi connectivity index (χ4v) is 5.40. The van der Waals surface area contributed by atoms with E-state index in [1.165, 1.54) is 28.7 Å². The van der Waals surface area contributed by atoms with Crippen molar-refractivity contribution in [3.63, 3.8) is 0 Å². The van der Waals surface area contributed by atoms with E-state index in [0.717, 1.165) is 31.4 Å². The topological polar surface area (TPSA) is 105 Å². The zero-order valence-corrected chi connectivity index (χ0v) is 22.0. The number of aromatic nitrogens is 3. The molecule has 3 aromatic heterocycles. The second-order valence-corrected chi connectivity index (χ2v) is 10.2. The minimum absolute atomic E-state index is 0.332. The highest BCUT2D eigenvalue weighted by molar-refractivity contribution is 7.13. The van der Waals surface area contributed by atoms with Crippen molar-refractivity contribution in [2.75, 3.05) is 31.6 Å². The second-order valence-electron chi connectivity index (χ2n) is 9.28. The monoisotopic (exact) mass is 538 g/mol. The maximum atomic E-state index is 13.3. The van der Waals surface area contributed by atoms with Crippen molar-refractivity contribution in [3.05, 3.63) is 71.9 Å². The molecule has 4 heterocycles. The molecule has 9 nitrogen and oxygen atoms in total. The third kappa shape index (κ3) is 5.27. The molecule has 1 N–H and O–H groups in total. The number of amides is 1. The number of anilines is 1. The summed E-state index contributed by atoms with van der Waals surface area (Å²) in [5.74, 6) is 1.31. The van der Waals surface area contributed by atoms with E-state index >= 15 is 0 Å². The summed E-state index contributed by atoms with van der Waals surface area (Å²) in [4.78, 5) is 24.4. The number of hydrogen-bond donors (Lipinski definition) is 1. The Hall–Kier alpha value is -4.46. The quantitative estimate of drug-likeness (QED) is 0.233. The first-order chi connectivity index (χ1) is 19.2. The number of likely N-dealkylation sites (tertiary alicyclic amines) is 1. The van der Waals surface area contributed by atoms with E-state index in [2.05, 4.69) is 26.3 Å². The molecule has 0 atom stereocenters. The van der Waals surface area contributed by atoms with Crippen LogP contribution in [0.2, 0.25) is 0 Å². The average Bonchev–Trinajstić information content (AvgIpc) is 3.72. The lowest BCUT2D eigenvalue weighted by atomic mass is 10.1. The number of nitrogens with zero attached hydrogens (tertiary/aromatic N) is 5. The summed E-state index contributed by atoms with van der Waals surface area (Å²) >= 11 is 1.33. The average molecular weight is 539 g/mol. The minimum Gasteiger partial charge on any atom is -0.492 e. The Bertz CT molecular complexity index is 1670. The summed E-state index contributed by atoms with van der Waals surface area (Å²) in [6.45, 7) is 3.83. The number of carbonyl (C=O) groups is 1. The molecule has 0 radical (unpaired) electrons. The zero-order chi connectivity index (χ0) is 26.6. The molecular formula is C29H26N6O3S. The molecule has 10 heteroatoms. The van der Waals surface area contributed by atoms with Gasteiger partial charge >= 0.3 is 6.03 Å². The van der Waals surface area contributed by atoms with Crippen LogP contribution in [0.15, 0.2) is 66.3 Å². The molecule has 0 bridgehead atoms. The number of carbonyl (C=O) groups excluding carboxylic acids is 1. The number of thiazole rings is 1. The van der Waals surface area contributed by atoms with E-state index < -0.39 is 0 Å². The molecule has 196 valence electrons. The first kappa shape index (κ1) is 24.9. The van der Waals surface area contributed by atoms with Crippen LogP contribution in [-0.2, 0) is 0 Å². The van der Waals surface area contributed by atoms with Gasteiger partial charge in [-0.1, -0.05) is 18.2 Å². The Morgan fingerprint density at radius 1 is 1.08 bits per heavy atom. The Labute approximate surface area is 229 Å². The summed E-state index contributed by atoms with van der Waals surface area (Å²) in [5.41, 5.74) is 1.74. The molecule has 5 aromatic rings. The summed E-state index contributed by atoms with van der Waals surface area (Å²) in [6, 6.07) is 16.4. The Morgan fingerprint density at radius 2 is 1.95 bits per heavy atom. The van der Waals surface area contributed by atoms with Crippen LogP contribution in [0.1, 0.15) is 24.8 Å².